The van der Waals surface area contributed by atoms with Gasteiger partial charge in [0.25, 0.3) is 0 Å². The maximum absolute atomic E-state index is 12.0. The summed E-state index contributed by atoms with van der Waals surface area (Å²) in [5, 5.41) is 0. The maximum Gasteiger partial charge on any atom is 0.308 e. The fourth-order valence-electron chi connectivity index (χ4n) is 3.87. The highest BCUT2D eigenvalue weighted by atomic mass is 16.7. The molecule has 0 aliphatic carbocycles. The predicted molar refractivity (Wildman–Crippen MR) is 135 cm³/mol. The Labute approximate surface area is 212 Å². The van der Waals surface area contributed by atoms with E-state index in [4.69, 9.17) is 18.9 Å². The van der Waals surface area contributed by atoms with Gasteiger partial charge in [0, 0.05) is 25.8 Å². The van der Waals surface area contributed by atoms with Crippen molar-refractivity contribution in [2.24, 2.45) is 0 Å². The molecule has 0 amide bonds. The lowest BCUT2D eigenvalue weighted by molar-refractivity contribution is -0.180. The van der Waals surface area contributed by atoms with E-state index < -0.39 is 6.29 Å². The molecule has 1 saturated heterocycles. The van der Waals surface area contributed by atoms with Gasteiger partial charge in [-0.3, -0.25) is 14.4 Å². The summed E-state index contributed by atoms with van der Waals surface area (Å²) >= 11 is 0. The van der Waals surface area contributed by atoms with E-state index in [2.05, 4.69) is 6.92 Å². The van der Waals surface area contributed by atoms with Crippen molar-refractivity contribution in [3.63, 3.8) is 0 Å². The van der Waals surface area contributed by atoms with Crippen LogP contribution in [0.15, 0.2) is 0 Å². The summed E-state index contributed by atoms with van der Waals surface area (Å²) < 4.78 is 21.6. The molecule has 1 aliphatic rings. The molecule has 0 bridgehead atoms. The topological polar surface area (TPSA) is 91.4 Å². The molecule has 8 heteroatoms. The third kappa shape index (κ3) is 18.3. The second-order valence-corrected chi connectivity index (χ2v) is 9.75. The van der Waals surface area contributed by atoms with Gasteiger partial charge >= 0.3 is 17.9 Å². The highest BCUT2D eigenvalue weighted by Gasteiger charge is 2.29. The van der Waals surface area contributed by atoms with Gasteiger partial charge in [0.1, 0.15) is 6.61 Å². The molecular formula is C27H49NO7. The SMILES string of the molecule is CCCCCCCC(=O)OCCCCCCCCC(=O)O[C@H]1CC[C@@H](COC(=O)CCN(C)C)O1. The maximum atomic E-state index is 12.0. The van der Waals surface area contributed by atoms with Crippen molar-refractivity contribution >= 4 is 17.9 Å². The monoisotopic (exact) mass is 499 g/mol. The Kier molecular flexibility index (Phi) is 18.4. The standard InChI is InChI=1S/C27H49NO7/c1-4-5-6-9-12-15-24(29)32-21-14-11-8-7-10-13-16-26(31)35-27-18-17-23(34-27)22-33-25(30)19-20-28(2)3/h23,27H,4-22H2,1-3H3/t23-,27-/m0/s1. The van der Waals surface area contributed by atoms with E-state index in [1.165, 1.54) is 19.3 Å². The van der Waals surface area contributed by atoms with E-state index >= 15 is 0 Å². The van der Waals surface area contributed by atoms with Crippen molar-refractivity contribution < 1.29 is 33.3 Å². The number of hydrogen-bond acceptors (Lipinski definition) is 8. The molecule has 0 aromatic rings. The fourth-order valence-corrected chi connectivity index (χ4v) is 3.87. The third-order valence-electron chi connectivity index (χ3n) is 6.05. The Morgan fingerprint density at radius 1 is 0.743 bits per heavy atom. The van der Waals surface area contributed by atoms with E-state index in [1.54, 1.807) is 0 Å². The molecule has 0 aromatic heterocycles. The summed E-state index contributed by atoms with van der Waals surface area (Å²) in [7, 11) is 3.82. The number of ether oxygens (including phenoxy) is 4. The third-order valence-corrected chi connectivity index (χ3v) is 6.05. The van der Waals surface area contributed by atoms with Crippen LogP contribution in [-0.4, -0.2) is 69.1 Å². The minimum Gasteiger partial charge on any atom is -0.466 e. The fraction of sp³-hybridized carbons (Fsp3) is 0.889. The highest BCUT2D eigenvalue weighted by Crippen LogP contribution is 2.22. The molecule has 1 fully saturated rings. The number of nitrogens with zero attached hydrogens (tertiary/aromatic N) is 1. The molecule has 35 heavy (non-hydrogen) atoms. The van der Waals surface area contributed by atoms with Crippen molar-refractivity contribution in [3.8, 4) is 0 Å². The lowest BCUT2D eigenvalue weighted by atomic mass is 10.1. The minimum absolute atomic E-state index is 0.0707. The van der Waals surface area contributed by atoms with E-state index in [1.807, 2.05) is 19.0 Å². The van der Waals surface area contributed by atoms with E-state index in [0.717, 1.165) is 51.4 Å². The minimum atomic E-state index is -0.535. The molecule has 204 valence electrons. The first kappa shape index (κ1) is 31.4. The number of esters is 3. The van der Waals surface area contributed by atoms with E-state index in [0.29, 0.717) is 45.3 Å². The second-order valence-electron chi connectivity index (χ2n) is 9.75. The van der Waals surface area contributed by atoms with Crippen molar-refractivity contribution in [1.29, 1.82) is 0 Å². The lowest BCUT2D eigenvalue weighted by Crippen LogP contribution is -2.24. The van der Waals surface area contributed by atoms with Crippen LogP contribution in [-0.2, 0) is 33.3 Å². The first-order chi connectivity index (χ1) is 16.9. The molecular weight excluding hydrogens is 450 g/mol. The van der Waals surface area contributed by atoms with Gasteiger partial charge in [-0.25, -0.2) is 0 Å². The van der Waals surface area contributed by atoms with Gasteiger partial charge < -0.3 is 23.8 Å². The Bertz CT molecular complexity index is 582. The predicted octanol–water partition coefficient (Wildman–Crippen LogP) is 5.16. The molecule has 8 nitrogen and oxygen atoms in total. The molecule has 2 atom stereocenters. The Morgan fingerprint density at radius 2 is 1.34 bits per heavy atom. The average Bonchev–Trinajstić information content (AvgIpc) is 3.27. The lowest BCUT2D eigenvalue weighted by Gasteiger charge is -2.15. The Morgan fingerprint density at radius 3 is 2.03 bits per heavy atom. The number of unbranched alkanes of at least 4 members (excludes halogenated alkanes) is 9. The summed E-state index contributed by atoms with van der Waals surface area (Å²) in [6, 6.07) is 0. The van der Waals surface area contributed by atoms with Gasteiger partial charge in [-0.15, -0.1) is 0 Å². The van der Waals surface area contributed by atoms with Gasteiger partial charge in [-0.2, -0.15) is 0 Å². The number of hydrogen-bond donors (Lipinski definition) is 0. The van der Waals surface area contributed by atoms with Crippen LogP contribution in [0.3, 0.4) is 0 Å². The second kappa shape index (κ2) is 20.5. The van der Waals surface area contributed by atoms with Crippen LogP contribution in [0.5, 0.6) is 0 Å². The van der Waals surface area contributed by atoms with Crippen LogP contribution in [0.1, 0.15) is 110 Å². The first-order valence-electron chi connectivity index (χ1n) is 13.7. The molecule has 1 aliphatic heterocycles. The van der Waals surface area contributed by atoms with Gasteiger partial charge in [0.15, 0.2) is 0 Å². The van der Waals surface area contributed by atoms with E-state index in [-0.39, 0.29) is 30.6 Å². The highest BCUT2D eigenvalue weighted by molar-refractivity contribution is 5.70. The molecule has 1 rings (SSSR count). The molecule has 0 aromatic carbocycles. The van der Waals surface area contributed by atoms with Crippen LogP contribution in [0.25, 0.3) is 0 Å². The number of carbonyl (C=O) groups is 3. The van der Waals surface area contributed by atoms with Crippen LogP contribution >= 0.6 is 0 Å². The van der Waals surface area contributed by atoms with Gasteiger partial charge in [0.2, 0.25) is 6.29 Å². The smallest absolute Gasteiger partial charge is 0.308 e. The summed E-state index contributed by atoms with van der Waals surface area (Å²) in [6.45, 7) is 3.55. The normalized spacial score (nSPS) is 17.5. The Hall–Kier alpha value is -1.67. The zero-order valence-electron chi connectivity index (χ0n) is 22.4. The van der Waals surface area contributed by atoms with Crippen molar-refractivity contribution in [3.05, 3.63) is 0 Å². The summed E-state index contributed by atoms with van der Waals surface area (Å²) in [5.41, 5.74) is 0. The molecule has 0 unspecified atom stereocenters. The first-order valence-corrected chi connectivity index (χ1v) is 13.7. The molecule has 0 N–H and O–H groups in total. The molecule has 0 spiro atoms. The van der Waals surface area contributed by atoms with Crippen LogP contribution < -0.4 is 0 Å². The van der Waals surface area contributed by atoms with Gasteiger partial charge in [-0.05, 0) is 39.8 Å². The summed E-state index contributed by atoms with van der Waals surface area (Å²) in [4.78, 5) is 37.3. The van der Waals surface area contributed by atoms with Gasteiger partial charge in [0.05, 0.1) is 19.1 Å². The van der Waals surface area contributed by atoms with Gasteiger partial charge in [-0.1, -0.05) is 58.3 Å². The van der Waals surface area contributed by atoms with E-state index in [9.17, 15) is 14.4 Å². The average molecular weight is 500 g/mol. The van der Waals surface area contributed by atoms with Crippen LogP contribution in [0.2, 0.25) is 0 Å². The molecule has 0 radical (unpaired) electrons. The Balaban J connectivity index is 1.91. The quantitative estimate of drug-likeness (QED) is 0.121. The van der Waals surface area contributed by atoms with Crippen LogP contribution in [0, 0.1) is 0 Å². The summed E-state index contributed by atoms with van der Waals surface area (Å²) in [6.07, 6.45) is 13.4. The zero-order chi connectivity index (χ0) is 25.7. The van der Waals surface area contributed by atoms with Crippen molar-refractivity contribution in [1.82, 2.24) is 4.90 Å². The zero-order valence-corrected chi connectivity index (χ0v) is 22.4. The van der Waals surface area contributed by atoms with Crippen molar-refractivity contribution in [2.45, 2.75) is 122 Å². The summed E-state index contributed by atoms with van der Waals surface area (Å²) in [5.74, 6) is -0.546. The largest absolute Gasteiger partial charge is 0.466 e. The molecule has 1 heterocycles. The van der Waals surface area contributed by atoms with Crippen molar-refractivity contribution in [2.75, 3.05) is 33.9 Å². The number of carbonyl (C=O) groups excluding carboxylic acids is 3. The molecule has 0 saturated carbocycles. The number of rotatable bonds is 21. The van der Waals surface area contributed by atoms with Crippen LogP contribution in [0.4, 0.5) is 0 Å².